The van der Waals surface area contributed by atoms with E-state index in [2.05, 4.69) is 29.0 Å². The molecule has 2 aromatic rings. The minimum absolute atomic E-state index is 0.123. The number of allylic oxidation sites excluding steroid dienone is 2. The summed E-state index contributed by atoms with van der Waals surface area (Å²) in [6.07, 6.45) is 15.2. The summed E-state index contributed by atoms with van der Waals surface area (Å²) >= 11 is 0. The Morgan fingerprint density at radius 1 is 1.14 bits per heavy atom. The molecule has 1 aliphatic rings. The lowest BCUT2D eigenvalue weighted by molar-refractivity contribution is -0.122. The average Bonchev–Trinajstić information content (AvgIpc) is 3.20. The summed E-state index contributed by atoms with van der Waals surface area (Å²) < 4.78 is 0. The summed E-state index contributed by atoms with van der Waals surface area (Å²) in [5, 5.41) is 0. The molecule has 1 aliphatic heterocycles. The molecule has 1 fully saturated rings. The molecule has 29 heavy (non-hydrogen) atoms. The van der Waals surface area contributed by atoms with E-state index in [9.17, 15) is 9.59 Å². The number of unbranched alkanes of at least 4 members (excludes halogenated alkanes) is 7. The van der Waals surface area contributed by atoms with Crippen molar-refractivity contribution in [3.05, 3.63) is 30.4 Å². The highest BCUT2D eigenvalue weighted by Gasteiger charge is 2.38. The van der Waals surface area contributed by atoms with Crippen LogP contribution in [0.15, 0.2) is 30.4 Å². The number of amides is 2. The fraction of sp³-hybridized carbons (Fsp3) is 0.522. The fourth-order valence-electron chi connectivity index (χ4n) is 3.90. The van der Waals surface area contributed by atoms with Crippen molar-refractivity contribution in [1.82, 2.24) is 9.97 Å². The molecule has 2 heterocycles. The second-order valence-corrected chi connectivity index (χ2v) is 7.91. The second-order valence-electron chi connectivity index (χ2n) is 7.91. The predicted octanol–water partition coefficient (Wildman–Crippen LogP) is 5.11. The van der Waals surface area contributed by atoms with Crippen molar-refractivity contribution in [2.24, 2.45) is 5.92 Å². The first-order chi connectivity index (χ1) is 14.1. The first kappa shape index (κ1) is 21.1. The minimum Gasteiger partial charge on any atom is -0.369 e. The Hall–Kier alpha value is -2.63. The van der Waals surface area contributed by atoms with E-state index in [1.54, 1.807) is 18.2 Å². The molecule has 6 nitrogen and oxygen atoms in total. The number of imidazole rings is 1. The van der Waals surface area contributed by atoms with Crippen LogP contribution in [-0.4, -0.2) is 21.8 Å². The Morgan fingerprint density at radius 3 is 2.69 bits per heavy atom. The summed E-state index contributed by atoms with van der Waals surface area (Å²) in [4.78, 5) is 33.6. The second kappa shape index (κ2) is 10.2. The molecule has 156 valence electrons. The van der Waals surface area contributed by atoms with Crippen LogP contribution in [0.5, 0.6) is 0 Å². The van der Waals surface area contributed by atoms with Gasteiger partial charge in [0.25, 0.3) is 0 Å². The smallest absolute Gasteiger partial charge is 0.237 e. The van der Waals surface area contributed by atoms with E-state index >= 15 is 0 Å². The van der Waals surface area contributed by atoms with Crippen LogP contribution in [0.25, 0.3) is 11.0 Å². The molecule has 3 N–H and O–H groups in total. The third-order valence-corrected chi connectivity index (χ3v) is 5.54. The van der Waals surface area contributed by atoms with Gasteiger partial charge in [-0.05, 0) is 37.5 Å². The average molecular weight is 397 g/mol. The monoisotopic (exact) mass is 396 g/mol. The molecule has 1 unspecified atom stereocenters. The molecule has 0 spiro atoms. The SMILES string of the molecule is CCCCCCCCC/C=C\CC1CC(=O)N(c2ccc3nc(N)[nH]c3c2)C1=O. The van der Waals surface area contributed by atoms with E-state index in [1.165, 1.54) is 49.8 Å². The Balaban J connectivity index is 1.46. The molecular formula is C23H32N4O2. The number of carbonyl (C=O) groups excluding carboxylic acids is 2. The van der Waals surface area contributed by atoms with E-state index < -0.39 is 0 Å². The Morgan fingerprint density at radius 2 is 1.90 bits per heavy atom. The minimum atomic E-state index is -0.268. The maximum Gasteiger partial charge on any atom is 0.237 e. The zero-order valence-electron chi connectivity index (χ0n) is 17.3. The summed E-state index contributed by atoms with van der Waals surface area (Å²) in [7, 11) is 0. The van der Waals surface area contributed by atoms with Crippen LogP contribution in [-0.2, 0) is 9.59 Å². The fourth-order valence-corrected chi connectivity index (χ4v) is 3.90. The topological polar surface area (TPSA) is 92.1 Å². The lowest BCUT2D eigenvalue weighted by Crippen LogP contribution is -2.30. The predicted molar refractivity (Wildman–Crippen MR) is 117 cm³/mol. The first-order valence-corrected chi connectivity index (χ1v) is 10.9. The van der Waals surface area contributed by atoms with Gasteiger partial charge in [-0.3, -0.25) is 14.5 Å². The van der Waals surface area contributed by atoms with Crippen LogP contribution in [0.2, 0.25) is 0 Å². The highest BCUT2D eigenvalue weighted by Crippen LogP contribution is 2.30. The van der Waals surface area contributed by atoms with E-state index in [0.717, 1.165) is 17.5 Å². The molecule has 6 heteroatoms. The number of hydrogen-bond donors (Lipinski definition) is 2. The molecule has 0 radical (unpaired) electrons. The largest absolute Gasteiger partial charge is 0.369 e. The van der Waals surface area contributed by atoms with Crippen LogP contribution in [0.1, 0.15) is 71.1 Å². The number of fused-ring (bicyclic) bond motifs is 1. The number of anilines is 2. The highest BCUT2D eigenvalue weighted by molar-refractivity contribution is 6.21. The lowest BCUT2D eigenvalue weighted by atomic mass is 10.0. The quantitative estimate of drug-likeness (QED) is 0.313. The molecule has 0 aliphatic carbocycles. The van der Waals surface area contributed by atoms with Gasteiger partial charge in [-0.2, -0.15) is 0 Å². The lowest BCUT2D eigenvalue weighted by Gasteiger charge is -2.14. The van der Waals surface area contributed by atoms with Crippen LogP contribution in [0, 0.1) is 5.92 Å². The normalized spacial score (nSPS) is 17.3. The summed E-state index contributed by atoms with van der Waals surface area (Å²) in [6, 6.07) is 5.28. The first-order valence-electron chi connectivity index (χ1n) is 10.9. The number of H-pyrrole nitrogens is 1. The number of rotatable bonds is 11. The standard InChI is InChI=1S/C23H32N4O2/c1-2-3-4-5-6-7-8-9-10-11-12-17-15-21(28)27(22(17)29)18-13-14-19-20(16-18)26-23(24)25-19/h10-11,13-14,16-17H,2-9,12,15H2,1H3,(H3,24,25,26)/b11-10-. The van der Waals surface area contributed by atoms with Crippen molar-refractivity contribution in [2.75, 3.05) is 10.6 Å². The van der Waals surface area contributed by atoms with Crippen LogP contribution in [0.3, 0.4) is 0 Å². The summed E-state index contributed by atoms with van der Waals surface area (Å²) in [5.41, 5.74) is 7.69. The molecule has 0 bridgehead atoms. The molecule has 1 aromatic heterocycles. The zero-order chi connectivity index (χ0) is 20.6. The molecule has 0 saturated carbocycles. The number of nitrogens with two attached hydrogens (primary N) is 1. The number of imide groups is 1. The van der Waals surface area contributed by atoms with Crippen molar-refractivity contribution >= 4 is 34.5 Å². The molecule has 1 saturated heterocycles. The van der Waals surface area contributed by atoms with Crippen molar-refractivity contribution < 1.29 is 9.59 Å². The van der Waals surface area contributed by atoms with Gasteiger partial charge in [0.2, 0.25) is 11.8 Å². The molecule has 1 aromatic carbocycles. The van der Waals surface area contributed by atoms with Gasteiger partial charge >= 0.3 is 0 Å². The molecular weight excluding hydrogens is 364 g/mol. The Kier molecular flexibility index (Phi) is 7.44. The van der Waals surface area contributed by atoms with E-state index in [4.69, 9.17) is 5.73 Å². The number of nitrogens with zero attached hydrogens (tertiary/aromatic N) is 2. The number of aromatic nitrogens is 2. The van der Waals surface area contributed by atoms with E-state index in [-0.39, 0.29) is 24.2 Å². The van der Waals surface area contributed by atoms with Gasteiger partial charge in [0, 0.05) is 6.42 Å². The van der Waals surface area contributed by atoms with Gasteiger partial charge in [0.15, 0.2) is 5.95 Å². The Labute approximate surface area is 172 Å². The zero-order valence-corrected chi connectivity index (χ0v) is 17.3. The van der Waals surface area contributed by atoms with E-state index in [1.807, 2.05) is 0 Å². The molecule has 2 amide bonds. The van der Waals surface area contributed by atoms with Gasteiger partial charge in [-0.15, -0.1) is 0 Å². The summed E-state index contributed by atoms with van der Waals surface area (Å²) in [5.74, 6) is -0.217. The van der Waals surface area contributed by atoms with Gasteiger partial charge in [-0.1, -0.05) is 57.6 Å². The van der Waals surface area contributed by atoms with Crippen LogP contribution in [0.4, 0.5) is 11.6 Å². The number of nitrogen functional groups attached to an aromatic ring is 1. The van der Waals surface area contributed by atoms with Crippen LogP contribution >= 0.6 is 0 Å². The maximum absolute atomic E-state index is 12.8. The molecule has 1 atom stereocenters. The van der Waals surface area contributed by atoms with Gasteiger partial charge in [0.1, 0.15) is 0 Å². The highest BCUT2D eigenvalue weighted by atomic mass is 16.2. The van der Waals surface area contributed by atoms with Crippen LogP contribution < -0.4 is 10.6 Å². The number of aromatic amines is 1. The van der Waals surface area contributed by atoms with Crippen molar-refractivity contribution in [1.29, 1.82) is 0 Å². The third-order valence-electron chi connectivity index (χ3n) is 5.54. The van der Waals surface area contributed by atoms with Gasteiger partial charge < -0.3 is 10.7 Å². The number of nitrogens with one attached hydrogen (secondary N) is 1. The Bertz CT molecular complexity index is 871. The molecule has 3 rings (SSSR count). The number of hydrogen-bond acceptors (Lipinski definition) is 4. The number of carbonyl (C=O) groups is 2. The maximum atomic E-state index is 12.8. The van der Waals surface area contributed by atoms with Crippen molar-refractivity contribution in [2.45, 2.75) is 71.1 Å². The van der Waals surface area contributed by atoms with Crippen molar-refractivity contribution in [3.63, 3.8) is 0 Å². The van der Waals surface area contributed by atoms with E-state index in [0.29, 0.717) is 18.1 Å². The van der Waals surface area contributed by atoms with Gasteiger partial charge in [0.05, 0.1) is 22.6 Å². The third kappa shape index (κ3) is 5.46. The number of benzene rings is 1. The van der Waals surface area contributed by atoms with Gasteiger partial charge in [-0.25, -0.2) is 4.98 Å². The van der Waals surface area contributed by atoms with Crippen molar-refractivity contribution in [3.8, 4) is 0 Å². The summed E-state index contributed by atoms with van der Waals surface area (Å²) in [6.45, 7) is 2.24.